The summed E-state index contributed by atoms with van der Waals surface area (Å²) in [5.41, 5.74) is 0. The van der Waals surface area contributed by atoms with E-state index in [0.717, 1.165) is 7.11 Å². The average Bonchev–Trinajstić information content (AvgIpc) is 1.98. The van der Waals surface area contributed by atoms with Crippen LogP contribution < -0.4 is 0 Å². The molecule has 2 nitrogen and oxygen atoms in total. The second-order valence-corrected chi connectivity index (χ2v) is 5.61. The molecule has 0 aromatic heterocycles. The van der Waals surface area contributed by atoms with Crippen LogP contribution in [0.5, 0.6) is 0 Å². The Bertz CT molecular complexity index is 191. The number of hydrogen-bond donors (Lipinski definition) is 0. The Hall–Kier alpha value is -0.0200. The SMILES string of the molecule is CCCCP(=O)(CC(F)(F)F)OC. The number of hydrogen-bond acceptors (Lipinski definition) is 2. The molecule has 0 aromatic carbocycles. The molecule has 0 aliphatic heterocycles. The fourth-order valence-corrected chi connectivity index (χ4v) is 2.72. The molecule has 6 heteroatoms. The lowest BCUT2D eigenvalue weighted by atomic mass is 10.4. The van der Waals surface area contributed by atoms with Crippen LogP contribution >= 0.6 is 7.37 Å². The second-order valence-electron chi connectivity index (χ2n) is 2.85. The first-order valence-electron chi connectivity index (χ1n) is 4.03. The van der Waals surface area contributed by atoms with Crippen molar-refractivity contribution in [1.82, 2.24) is 0 Å². The molecule has 0 heterocycles. The third-order valence-electron chi connectivity index (χ3n) is 1.61. The van der Waals surface area contributed by atoms with Crippen molar-refractivity contribution >= 4 is 7.37 Å². The molecule has 0 rings (SSSR count). The Morgan fingerprint density at radius 3 is 2.23 bits per heavy atom. The van der Waals surface area contributed by atoms with Gasteiger partial charge in [-0.1, -0.05) is 13.3 Å². The Labute approximate surface area is 75.9 Å². The van der Waals surface area contributed by atoms with E-state index in [1.165, 1.54) is 0 Å². The van der Waals surface area contributed by atoms with E-state index >= 15 is 0 Å². The maximum absolute atomic E-state index is 11.9. The molecule has 0 bridgehead atoms. The molecule has 0 spiro atoms. The van der Waals surface area contributed by atoms with E-state index in [1.807, 2.05) is 6.92 Å². The highest BCUT2D eigenvalue weighted by atomic mass is 31.2. The molecule has 0 fully saturated rings. The highest BCUT2D eigenvalue weighted by Crippen LogP contribution is 2.50. The molecule has 0 radical (unpaired) electrons. The van der Waals surface area contributed by atoms with E-state index in [4.69, 9.17) is 0 Å². The molecular formula is C7H14F3O2P. The fraction of sp³-hybridized carbons (Fsp3) is 1.00. The standard InChI is InChI=1S/C7H14F3O2P/c1-3-4-5-13(11,12-2)6-7(8,9)10/h3-6H2,1-2H3. The molecule has 0 aliphatic rings. The van der Waals surface area contributed by atoms with Crippen LogP contribution in [0.3, 0.4) is 0 Å². The van der Waals surface area contributed by atoms with Gasteiger partial charge in [0, 0.05) is 13.3 Å². The molecular weight excluding hydrogens is 204 g/mol. The molecule has 0 N–H and O–H groups in total. The van der Waals surface area contributed by atoms with Gasteiger partial charge < -0.3 is 4.52 Å². The maximum Gasteiger partial charge on any atom is 0.397 e. The predicted octanol–water partition coefficient (Wildman–Crippen LogP) is 3.27. The fourth-order valence-electron chi connectivity index (χ4n) is 0.907. The molecule has 1 atom stereocenters. The number of halogens is 3. The summed E-state index contributed by atoms with van der Waals surface area (Å²) in [5, 5.41) is 0. The van der Waals surface area contributed by atoms with Crippen molar-refractivity contribution in [1.29, 1.82) is 0 Å². The van der Waals surface area contributed by atoms with Crippen molar-refractivity contribution in [2.24, 2.45) is 0 Å². The maximum atomic E-state index is 11.9. The summed E-state index contributed by atoms with van der Waals surface area (Å²) in [5.74, 6) is 0. The summed E-state index contributed by atoms with van der Waals surface area (Å²) in [6, 6.07) is 0. The van der Waals surface area contributed by atoms with Gasteiger partial charge in [0.15, 0.2) is 0 Å². The Morgan fingerprint density at radius 1 is 1.38 bits per heavy atom. The Balaban J connectivity index is 4.20. The predicted molar refractivity (Wildman–Crippen MR) is 45.3 cm³/mol. The number of unbranched alkanes of at least 4 members (excludes halogenated alkanes) is 1. The first-order valence-corrected chi connectivity index (χ1v) is 6.03. The summed E-state index contributed by atoms with van der Waals surface area (Å²) < 4.78 is 51.6. The average molecular weight is 218 g/mol. The van der Waals surface area contributed by atoms with Crippen LogP contribution in [0.4, 0.5) is 13.2 Å². The van der Waals surface area contributed by atoms with Gasteiger partial charge in [-0.25, -0.2) is 0 Å². The molecule has 0 saturated heterocycles. The smallest absolute Gasteiger partial charge is 0.332 e. The van der Waals surface area contributed by atoms with E-state index in [1.54, 1.807) is 0 Å². The van der Waals surface area contributed by atoms with Crippen LogP contribution in [0.1, 0.15) is 19.8 Å². The van der Waals surface area contributed by atoms with Crippen molar-refractivity contribution in [2.75, 3.05) is 19.4 Å². The summed E-state index contributed by atoms with van der Waals surface area (Å²) in [7, 11) is -2.39. The highest BCUT2D eigenvalue weighted by molar-refractivity contribution is 7.59. The minimum atomic E-state index is -4.40. The van der Waals surface area contributed by atoms with Crippen LogP contribution in [0.2, 0.25) is 0 Å². The van der Waals surface area contributed by atoms with Gasteiger partial charge in [-0.3, -0.25) is 4.57 Å². The first kappa shape index (κ1) is 13.0. The Morgan fingerprint density at radius 2 is 1.92 bits per heavy atom. The van der Waals surface area contributed by atoms with E-state index in [2.05, 4.69) is 4.52 Å². The number of alkyl halides is 3. The Kier molecular flexibility index (Phi) is 5.00. The van der Waals surface area contributed by atoms with Crippen LogP contribution in [0, 0.1) is 0 Å². The monoisotopic (exact) mass is 218 g/mol. The summed E-state index contributed by atoms with van der Waals surface area (Å²) in [6.45, 7) is 1.83. The van der Waals surface area contributed by atoms with Crippen LogP contribution in [-0.2, 0) is 9.09 Å². The summed E-state index contributed by atoms with van der Waals surface area (Å²) in [4.78, 5) is 0. The van der Waals surface area contributed by atoms with Gasteiger partial charge in [0.25, 0.3) is 0 Å². The van der Waals surface area contributed by atoms with E-state index in [-0.39, 0.29) is 6.16 Å². The summed E-state index contributed by atoms with van der Waals surface area (Å²) >= 11 is 0. The lowest BCUT2D eigenvalue weighted by Crippen LogP contribution is -2.16. The van der Waals surface area contributed by atoms with Gasteiger partial charge in [-0.2, -0.15) is 13.2 Å². The molecule has 0 aromatic rings. The zero-order valence-corrected chi connectivity index (χ0v) is 8.62. The van der Waals surface area contributed by atoms with Gasteiger partial charge in [0.1, 0.15) is 6.16 Å². The first-order chi connectivity index (χ1) is 5.83. The minimum Gasteiger partial charge on any atom is -0.332 e. The topological polar surface area (TPSA) is 26.3 Å². The van der Waals surface area contributed by atoms with Crippen molar-refractivity contribution in [3.63, 3.8) is 0 Å². The second kappa shape index (κ2) is 5.01. The van der Waals surface area contributed by atoms with Crippen LogP contribution in [0.25, 0.3) is 0 Å². The lowest BCUT2D eigenvalue weighted by molar-refractivity contribution is -0.108. The van der Waals surface area contributed by atoms with E-state index in [9.17, 15) is 17.7 Å². The van der Waals surface area contributed by atoms with E-state index in [0.29, 0.717) is 12.8 Å². The molecule has 1 unspecified atom stereocenters. The van der Waals surface area contributed by atoms with Gasteiger partial charge >= 0.3 is 6.18 Å². The molecule has 0 aliphatic carbocycles. The van der Waals surface area contributed by atoms with Crippen LogP contribution in [-0.4, -0.2) is 25.6 Å². The minimum absolute atomic E-state index is 0.0134. The largest absolute Gasteiger partial charge is 0.397 e. The van der Waals surface area contributed by atoms with Crippen molar-refractivity contribution in [3.05, 3.63) is 0 Å². The molecule has 0 amide bonds. The third-order valence-corrected chi connectivity index (χ3v) is 4.11. The zero-order valence-electron chi connectivity index (χ0n) is 7.73. The molecule has 0 saturated carbocycles. The molecule has 13 heavy (non-hydrogen) atoms. The number of rotatable bonds is 5. The van der Waals surface area contributed by atoms with Gasteiger partial charge in [-0.15, -0.1) is 0 Å². The van der Waals surface area contributed by atoms with Gasteiger partial charge in [-0.05, 0) is 6.42 Å². The van der Waals surface area contributed by atoms with Crippen molar-refractivity contribution in [3.8, 4) is 0 Å². The van der Waals surface area contributed by atoms with E-state index < -0.39 is 19.7 Å². The lowest BCUT2D eigenvalue weighted by Gasteiger charge is -2.17. The van der Waals surface area contributed by atoms with Crippen molar-refractivity contribution in [2.45, 2.75) is 25.9 Å². The quantitative estimate of drug-likeness (QED) is 0.662. The van der Waals surface area contributed by atoms with Crippen LogP contribution in [0.15, 0.2) is 0 Å². The normalized spacial score (nSPS) is 17.0. The molecule has 80 valence electrons. The highest BCUT2D eigenvalue weighted by Gasteiger charge is 2.38. The van der Waals surface area contributed by atoms with Crippen molar-refractivity contribution < 1.29 is 22.3 Å². The van der Waals surface area contributed by atoms with Gasteiger partial charge in [0.2, 0.25) is 7.37 Å². The zero-order chi connectivity index (χ0) is 10.5. The van der Waals surface area contributed by atoms with Gasteiger partial charge in [0.05, 0.1) is 0 Å². The third kappa shape index (κ3) is 6.11. The summed E-state index contributed by atoms with van der Waals surface area (Å²) in [6.07, 6.45) is -4.48.